The van der Waals surface area contributed by atoms with Gasteiger partial charge in [-0.1, -0.05) is 18.9 Å². The molecule has 0 saturated heterocycles. The molecular weight excluding hydrogens is 537 g/mol. The first-order valence-electron chi connectivity index (χ1n) is 13.4. The van der Waals surface area contributed by atoms with Gasteiger partial charge in [0.1, 0.15) is 11.4 Å². The molecule has 4 aromatic rings. The molecule has 1 saturated carbocycles. The van der Waals surface area contributed by atoms with Crippen molar-refractivity contribution in [3.8, 4) is 22.7 Å². The van der Waals surface area contributed by atoms with Gasteiger partial charge in [-0.05, 0) is 80.8 Å². The zero-order valence-corrected chi connectivity index (χ0v) is 22.5. The molecule has 0 unspecified atom stereocenters. The maximum absolute atomic E-state index is 13.1. The van der Waals surface area contributed by atoms with E-state index in [2.05, 4.69) is 4.98 Å². The van der Waals surface area contributed by atoms with Crippen LogP contribution >= 0.6 is 0 Å². The number of nitrogens with zero attached hydrogens (tertiary/aromatic N) is 2. The highest BCUT2D eigenvalue weighted by Crippen LogP contribution is 2.45. The number of carbonyl (C=O) groups is 2. The number of benzene rings is 2. The van der Waals surface area contributed by atoms with Crippen LogP contribution in [0.1, 0.15) is 67.1 Å². The highest BCUT2D eigenvalue weighted by molar-refractivity contribution is 6.01. The van der Waals surface area contributed by atoms with Gasteiger partial charge >= 0.3 is 18.1 Å². The quantitative estimate of drug-likeness (QED) is 0.239. The molecule has 10 heteroatoms. The van der Waals surface area contributed by atoms with E-state index in [4.69, 9.17) is 4.74 Å². The van der Waals surface area contributed by atoms with Crippen LogP contribution in [0.2, 0.25) is 0 Å². The number of hydrogen-bond acceptors (Lipinski definition) is 4. The maximum atomic E-state index is 13.1. The molecule has 0 bridgehead atoms. The first kappa shape index (κ1) is 28.2. The number of rotatable bonds is 7. The Morgan fingerprint density at radius 2 is 1.71 bits per heavy atom. The molecule has 2 atom stereocenters. The Hall–Kier alpha value is -4.34. The van der Waals surface area contributed by atoms with Gasteiger partial charge in [0.15, 0.2) is 0 Å². The Morgan fingerprint density at radius 1 is 1.00 bits per heavy atom. The molecule has 2 aromatic carbocycles. The highest BCUT2D eigenvalue weighted by atomic mass is 19.4. The van der Waals surface area contributed by atoms with E-state index in [1.54, 1.807) is 47.0 Å². The standard InChI is InChI=1S/C31H29F3N2O5/c1-17(2)41-21-11-9-20(10-12-21)36-26-14-7-18(25-13-8-19(16-35-25)31(32,33)34)15-24(26)27(28(36)30(39)40)22-5-3-4-6-23(22)29(37)38/h7-17,22-23H,3-6H2,1-2H3,(H,37,38)(H,39,40)/t22-,23-/m1/s1. The third-order valence-corrected chi connectivity index (χ3v) is 7.52. The molecule has 214 valence electrons. The van der Waals surface area contributed by atoms with Gasteiger partial charge < -0.3 is 19.5 Å². The van der Waals surface area contributed by atoms with Crippen molar-refractivity contribution in [2.75, 3.05) is 0 Å². The molecule has 5 rings (SSSR count). The summed E-state index contributed by atoms with van der Waals surface area (Å²) in [6, 6.07) is 14.3. The van der Waals surface area contributed by atoms with Crippen LogP contribution in [0.5, 0.6) is 5.75 Å². The van der Waals surface area contributed by atoms with Gasteiger partial charge in [0.25, 0.3) is 0 Å². The minimum atomic E-state index is -4.53. The van der Waals surface area contributed by atoms with E-state index in [1.165, 1.54) is 6.07 Å². The monoisotopic (exact) mass is 566 g/mol. The van der Waals surface area contributed by atoms with Gasteiger partial charge in [-0.3, -0.25) is 9.78 Å². The van der Waals surface area contributed by atoms with Crippen molar-refractivity contribution in [3.63, 3.8) is 0 Å². The number of carboxylic acid groups (broad SMARTS) is 2. The predicted octanol–water partition coefficient (Wildman–Crippen LogP) is 7.56. The third kappa shape index (κ3) is 5.51. The summed E-state index contributed by atoms with van der Waals surface area (Å²) in [5, 5.41) is 21.1. The molecule has 0 amide bonds. The van der Waals surface area contributed by atoms with Gasteiger partial charge in [-0.2, -0.15) is 13.2 Å². The number of hydrogen-bond donors (Lipinski definition) is 2. The summed E-state index contributed by atoms with van der Waals surface area (Å²) in [7, 11) is 0. The number of alkyl halides is 3. The van der Waals surface area contributed by atoms with E-state index in [9.17, 15) is 33.0 Å². The zero-order valence-electron chi connectivity index (χ0n) is 22.5. The second-order valence-corrected chi connectivity index (χ2v) is 10.6. The van der Waals surface area contributed by atoms with Crippen LogP contribution < -0.4 is 4.74 Å². The van der Waals surface area contributed by atoms with Gasteiger partial charge in [-0.25, -0.2) is 4.79 Å². The van der Waals surface area contributed by atoms with Crippen LogP contribution in [0.3, 0.4) is 0 Å². The number of fused-ring (bicyclic) bond motifs is 1. The summed E-state index contributed by atoms with van der Waals surface area (Å²) >= 11 is 0. The molecule has 41 heavy (non-hydrogen) atoms. The summed E-state index contributed by atoms with van der Waals surface area (Å²) in [4.78, 5) is 29.2. The molecular formula is C31H29F3N2O5. The van der Waals surface area contributed by atoms with Crippen LogP contribution in [0.4, 0.5) is 13.2 Å². The number of aromatic carboxylic acids is 1. The van der Waals surface area contributed by atoms with E-state index < -0.39 is 35.5 Å². The lowest BCUT2D eigenvalue weighted by Gasteiger charge is -2.29. The third-order valence-electron chi connectivity index (χ3n) is 7.52. The predicted molar refractivity (Wildman–Crippen MR) is 147 cm³/mol. The van der Waals surface area contributed by atoms with E-state index in [0.29, 0.717) is 46.3 Å². The summed E-state index contributed by atoms with van der Waals surface area (Å²) in [5.74, 6) is -2.90. The van der Waals surface area contributed by atoms with Crippen molar-refractivity contribution in [2.24, 2.45) is 5.92 Å². The molecule has 0 aliphatic heterocycles. The molecule has 2 N–H and O–H groups in total. The zero-order chi connectivity index (χ0) is 29.5. The highest BCUT2D eigenvalue weighted by Gasteiger charge is 2.38. The van der Waals surface area contributed by atoms with Gasteiger partial charge in [0.05, 0.1) is 28.8 Å². The second-order valence-electron chi connectivity index (χ2n) is 10.6. The summed E-state index contributed by atoms with van der Waals surface area (Å²) < 4.78 is 46.7. The van der Waals surface area contributed by atoms with Crippen molar-refractivity contribution >= 4 is 22.8 Å². The first-order chi connectivity index (χ1) is 19.5. The Bertz CT molecular complexity index is 1590. The molecule has 1 aliphatic rings. The van der Waals surface area contributed by atoms with Crippen LogP contribution in [-0.4, -0.2) is 37.8 Å². The van der Waals surface area contributed by atoms with Crippen molar-refractivity contribution in [2.45, 2.75) is 57.7 Å². The van der Waals surface area contributed by atoms with Crippen molar-refractivity contribution in [3.05, 3.63) is 77.6 Å². The van der Waals surface area contributed by atoms with Crippen molar-refractivity contribution in [1.82, 2.24) is 9.55 Å². The van der Waals surface area contributed by atoms with Gasteiger partial charge in [-0.15, -0.1) is 0 Å². The Balaban J connectivity index is 1.75. The Labute approximate surface area is 234 Å². The lowest BCUT2D eigenvalue weighted by molar-refractivity contribution is -0.143. The number of halogens is 3. The molecule has 0 radical (unpaired) electrons. The SMILES string of the molecule is CC(C)Oc1ccc(-n2c(C(=O)O)c([C@@H]3CCCC[C@H]3C(=O)O)c3cc(-c4ccc(C(F)(F)F)cn4)ccc32)cc1. The number of aliphatic carboxylic acids is 1. The van der Waals surface area contributed by atoms with Crippen molar-refractivity contribution < 1.29 is 37.7 Å². The smallest absolute Gasteiger partial charge is 0.417 e. The molecule has 2 heterocycles. The fourth-order valence-electron chi connectivity index (χ4n) is 5.78. The lowest BCUT2D eigenvalue weighted by atomic mass is 9.74. The van der Waals surface area contributed by atoms with Crippen LogP contribution in [-0.2, 0) is 11.0 Å². The Morgan fingerprint density at radius 3 is 2.29 bits per heavy atom. The van der Waals surface area contributed by atoms with E-state index >= 15 is 0 Å². The molecule has 1 aliphatic carbocycles. The summed E-state index contributed by atoms with van der Waals surface area (Å²) in [6.07, 6.45) is -1.41. The normalized spacial score (nSPS) is 17.6. The van der Waals surface area contributed by atoms with Gasteiger partial charge in [0.2, 0.25) is 0 Å². The largest absolute Gasteiger partial charge is 0.491 e. The average molecular weight is 567 g/mol. The van der Waals surface area contributed by atoms with E-state index in [0.717, 1.165) is 25.1 Å². The average Bonchev–Trinajstić information content (AvgIpc) is 3.27. The summed E-state index contributed by atoms with van der Waals surface area (Å²) in [6.45, 7) is 3.79. The van der Waals surface area contributed by atoms with Crippen LogP contribution in [0.25, 0.3) is 27.8 Å². The fraction of sp³-hybridized carbons (Fsp3) is 0.323. The maximum Gasteiger partial charge on any atom is 0.417 e. The van der Waals surface area contributed by atoms with Crippen LogP contribution in [0.15, 0.2) is 60.8 Å². The molecule has 7 nitrogen and oxygen atoms in total. The van der Waals surface area contributed by atoms with Gasteiger partial charge in [0, 0.05) is 28.8 Å². The second kappa shape index (κ2) is 10.9. The molecule has 2 aromatic heterocycles. The molecule has 1 fully saturated rings. The number of ether oxygens (including phenoxy) is 1. The molecule has 0 spiro atoms. The number of pyridine rings is 1. The minimum Gasteiger partial charge on any atom is -0.491 e. The van der Waals surface area contributed by atoms with Crippen molar-refractivity contribution in [1.29, 1.82) is 0 Å². The fourth-order valence-corrected chi connectivity index (χ4v) is 5.78. The first-order valence-corrected chi connectivity index (χ1v) is 13.4. The van der Waals surface area contributed by atoms with E-state index in [1.807, 2.05) is 13.8 Å². The Kier molecular flexibility index (Phi) is 7.50. The number of aromatic nitrogens is 2. The lowest BCUT2D eigenvalue weighted by Crippen LogP contribution is -2.27. The summed E-state index contributed by atoms with van der Waals surface area (Å²) in [5.41, 5.74) is 1.37. The minimum absolute atomic E-state index is 0.0341. The van der Waals surface area contributed by atoms with Crippen LogP contribution in [0, 0.1) is 5.92 Å². The topological polar surface area (TPSA) is 102 Å². The van der Waals surface area contributed by atoms with E-state index in [-0.39, 0.29) is 17.5 Å². The number of carboxylic acids is 2.